The van der Waals surface area contributed by atoms with Crippen LogP contribution in [-0.4, -0.2) is 45.1 Å². The van der Waals surface area contributed by atoms with E-state index in [1.165, 1.54) is 37.3 Å². The van der Waals surface area contributed by atoms with Gasteiger partial charge in [0.25, 0.3) is 0 Å². The van der Waals surface area contributed by atoms with Gasteiger partial charge in [-0.2, -0.15) is 0 Å². The zero-order valence-electron chi connectivity index (χ0n) is 12.0. The number of sulfonamides is 1. The average Bonchev–Trinajstić information content (AvgIpc) is 2.38. The third kappa shape index (κ3) is 4.50. The molecule has 1 aromatic rings. The van der Waals surface area contributed by atoms with E-state index in [1.807, 2.05) is 6.92 Å². The van der Waals surface area contributed by atoms with Gasteiger partial charge >= 0.3 is 5.97 Å². The number of carbonyl (C=O) groups is 1. The van der Waals surface area contributed by atoms with E-state index in [0.717, 1.165) is 4.90 Å². The Hall–Kier alpha value is -1.05. The molecule has 0 saturated carbocycles. The van der Waals surface area contributed by atoms with Gasteiger partial charge in [0.15, 0.2) is 0 Å². The molecule has 112 valence electrons. The first-order chi connectivity index (χ1) is 9.27. The molecule has 0 amide bonds. The molecular weight excluding hydrogens is 298 g/mol. The van der Waals surface area contributed by atoms with Crippen LogP contribution in [0, 0.1) is 0 Å². The van der Waals surface area contributed by atoms with Crippen LogP contribution < -0.4 is 0 Å². The summed E-state index contributed by atoms with van der Waals surface area (Å²) in [6, 6.07) is 6.63. The summed E-state index contributed by atoms with van der Waals surface area (Å²) < 4.78 is 29.6. The smallest absolute Gasteiger partial charge is 0.306 e. The van der Waals surface area contributed by atoms with Crippen molar-refractivity contribution in [3.05, 3.63) is 24.3 Å². The Morgan fingerprint density at radius 2 is 1.85 bits per heavy atom. The van der Waals surface area contributed by atoms with Gasteiger partial charge in [0.05, 0.1) is 18.4 Å². The van der Waals surface area contributed by atoms with Crippen molar-refractivity contribution >= 4 is 27.8 Å². The zero-order chi connectivity index (χ0) is 15.3. The minimum absolute atomic E-state index is 0.0683. The lowest BCUT2D eigenvalue weighted by Gasteiger charge is -2.13. The maximum atomic E-state index is 11.9. The summed E-state index contributed by atoms with van der Waals surface area (Å²) >= 11 is 1.51. The van der Waals surface area contributed by atoms with Gasteiger partial charge < -0.3 is 4.74 Å². The topological polar surface area (TPSA) is 63.7 Å². The van der Waals surface area contributed by atoms with Crippen LogP contribution >= 0.6 is 11.8 Å². The third-order valence-electron chi connectivity index (χ3n) is 2.62. The van der Waals surface area contributed by atoms with Crippen molar-refractivity contribution in [1.29, 1.82) is 0 Å². The van der Waals surface area contributed by atoms with Crippen LogP contribution in [0.4, 0.5) is 0 Å². The Kier molecular flexibility index (Phi) is 6.04. The third-order valence-corrected chi connectivity index (χ3v) is 5.56. The van der Waals surface area contributed by atoms with E-state index in [2.05, 4.69) is 4.74 Å². The molecule has 5 nitrogen and oxygen atoms in total. The number of esters is 1. The fourth-order valence-corrected chi connectivity index (χ4v) is 3.37. The van der Waals surface area contributed by atoms with E-state index in [-0.39, 0.29) is 16.1 Å². The van der Waals surface area contributed by atoms with Crippen LogP contribution in [0.25, 0.3) is 0 Å². The first kappa shape index (κ1) is 17.0. The summed E-state index contributed by atoms with van der Waals surface area (Å²) in [6.45, 7) is 1.92. The molecular formula is C13H19NO4S2. The lowest BCUT2D eigenvalue weighted by atomic mass is 10.3. The number of methoxy groups -OCH3 is 1. The standard InChI is InChI=1S/C13H19NO4S2/c1-10(9-13(15)18-4)19-11-5-7-12(8-6-11)20(16,17)14(2)3/h5-8,10H,9H2,1-4H3. The Bertz CT molecular complexity index is 552. The van der Waals surface area contributed by atoms with Crippen LogP contribution in [-0.2, 0) is 19.6 Å². The quantitative estimate of drug-likeness (QED) is 0.593. The molecule has 0 heterocycles. The predicted octanol–water partition coefficient (Wildman–Crippen LogP) is 1.98. The Morgan fingerprint density at radius 1 is 1.30 bits per heavy atom. The van der Waals surface area contributed by atoms with E-state index in [1.54, 1.807) is 24.3 Å². The van der Waals surface area contributed by atoms with E-state index in [9.17, 15) is 13.2 Å². The minimum Gasteiger partial charge on any atom is -0.469 e. The highest BCUT2D eigenvalue weighted by molar-refractivity contribution is 8.00. The first-order valence-corrected chi connectivity index (χ1v) is 8.35. The summed E-state index contributed by atoms with van der Waals surface area (Å²) in [6.07, 6.45) is 0.318. The normalized spacial score (nSPS) is 13.2. The highest BCUT2D eigenvalue weighted by Gasteiger charge is 2.17. The predicted molar refractivity (Wildman–Crippen MR) is 79.3 cm³/mol. The molecule has 0 aliphatic carbocycles. The van der Waals surface area contributed by atoms with Crippen molar-refractivity contribution in [3.8, 4) is 0 Å². The zero-order valence-corrected chi connectivity index (χ0v) is 13.6. The van der Waals surface area contributed by atoms with Crippen LogP contribution in [0.1, 0.15) is 13.3 Å². The molecule has 20 heavy (non-hydrogen) atoms. The fourth-order valence-electron chi connectivity index (χ4n) is 1.49. The molecule has 0 N–H and O–H groups in total. The number of carbonyl (C=O) groups excluding carboxylic acids is 1. The molecule has 0 aliphatic heterocycles. The van der Waals surface area contributed by atoms with Crippen molar-refractivity contribution < 1.29 is 17.9 Å². The second kappa shape index (κ2) is 7.10. The van der Waals surface area contributed by atoms with E-state index in [0.29, 0.717) is 6.42 Å². The van der Waals surface area contributed by atoms with Crippen LogP contribution in [0.3, 0.4) is 0 Å². The van der Waals surface area contributed by atoms with E-state index < -0.39 is 10.0 Å². The number of hydrogen-bond donors (Lipinski definition) is 0. The molecule has 0 aromatic heterocycles. The molecule has 0 radical (unpaired) electrons. The fraction of sp³-hybridized carbons (Fsp3) is 0.462. The lowest BCUT2D eigenvalue weighted by molar-refractivity contribution is -0.140. The number of rotatable bonds is 6. The second-order valence-corrected chi connectivity index (χ2v) is 8.13. The number of thioether (sulfide) groups is 1. The molecule has 0 saturated heterocycles. The summed E-state index contributed by atoms with van der Waals surface area (Å²) in [7, 11) is 0.960. The summed E-state index contributed by atoms with van der Waals surface area (Å²) in [5, 5.41) is 0.0683. The van der Waals surface area contributed by atoms with Gasteiger partial charge in [-0.3, -0.25) is 4.79 Å². The van der Waals surface area contributed by atoms with Crippen molar-refractivity contribution in [3.63, 3.8) is 0 Å². The lowest BCUT2D eigenvalue weighted by Crippen LogP contribution is -2.22. The van der Waals surface area contributed by atoms with E-state index in [4.69, 9.17) is 0 Å². The van der Waals surface area contributed by atoms with Crippen molar-refractivity contribution in [2.45, 2.75) is 28.4 Å². The number of hydrogen-bond acceptors (Lipinski definition) is 5. The molecule has 0 aliphatic rings. The number of benzene rings is 1. The van der Waals surface area contributed by atoms with E-state index >= 15 is 0 Å². The van der Waals surface area contributed by atoms with Gasteiger partial charge in [0.2, 0.25) is 10.0 Å². The molecule has 0 bridgehead atoms. The van der Waals surface area contributed by atoms with Crippen LogP contribution in [0.5, 0.6) is 0 Å². The number of ether oxygens (including phenoxy) is 1. The second-order valence-electron chi connectivity index (χ2n) is 4.47. The van der Waals surface area contributed by atoms with Gasteiger partial charge in [0, 0.05) is 24.2 Å². The molecule has 1 atom stereocenters. The van der Waals surface area contributed by atoms with Gasteiger partial charge in [-0.15, -0.1) is 11.8 Å². The molecule has 0 fully saturated rings. The summed E-state index contributed by atoms with van der Waals surface area (Å²) in [5.74, 6) is -0.253. The average molecular weight is 317 g/mol. The van der Waals surface area contributed by atoms with Gasteiger partial charge in [-0.1, -0.05) is 6.92 Å². The molecule has 0 spiro atoms. The summed E-state index contributed by atoms with van der Waals surface area (Å²) in [5.41, 5.74) is 0. The monoisotopic (exact) mass is 317 g/mol. The van der Waals surface area contributed by atoms with Crippen molar-refractivity contribution in [2.75, 3.05) is 21.2 Å². The Morgan fingerprint density at radius 3 is 2.30 bits per heavy atom. The maximum absolute atomic E-state index is 11.9. The van der Waals surface area contributed by atoms with Crippen molar-refractivity contribution in [1.82, 2.24) is 4.31 Å². The Balaban J connectivity index is 2.75. The maximum Gasteiger partial charge on any atom is 0.306 e. The van der Waals surface area contributed by atoms with Gasteiger partial charge in [-0.05, 0) is 24.3 Å². The highest BCUT2D eigenvalue weighted by Crippen LogP contribution is 2.26. The SMILES string of the molecule is COC(=O)CC(C)Sc1ccc(S(=O)(=O)N(C)C)cc1. The molecule has 1 unspecified atom stereocenters. The molecule has 1 aromatic carbocycles. The minimum atomic E-state index is -3.40. The van der Waals surface area contributed by atoms with Gasteiger partial charge in [0.1, 0.15) is 0 Å². The first-order valence-electron chi connectivity index (χ1n) is 6.03. The summed E-state index contributed by atoms with van der Waals surface area (Å²) in [4.78, 5) is 12.3. The largest absolute Gasteiger partial charge is 0.469 e. The van der Waals surface area contributed by atoms with Crippen LogP contribution in [0.2, 0.25) is 0 Å². The highest BCUT2D eigenvalue weighted by atomic mass is 32.2. The molecule has 7 heteroatoms. The number of nitrogens with zero attached hydrogens (tertiary/aromatic N) is 1. The Labute approximate surface area is 124 Å². The van der Waals surface area contributed by atoms with Gasteiger partial charge in [-0.25, -0.2) is 12.7 Å². The van der Waals surface area contributed by atoms with Crippen molar-refractivity contribution in [2.24, 2.45) is 0 Å². The molecule has 1 rings (SSSR count). The van der Waals surface area contributed by atoms with Crippen LogP contribution in [0.15, 0.2) is 34.1 Å².